The Balaban J connectivity index is 2.30. The third kappa shape index (κ3) is 2.90. The van der Waals surface area contributed by atoms with Crippen molar-refractivity contribution in [3.8, 4) is 5.75 Å². The zero-order valence-electron chi connectivity index (χ0n) is 9.63. The summed E-state index contributed by atoms with van der Waals surface area (Å²) < 4.78 is 5.30. The lowest BCUT2D eigenvalue weighted by molar-refractivity contribution is -0.121. The van der Waals surface area contributed by atoms with Crippen molar-refractivity contribution in [1.29, 1.82) is 0 Å². The van der Waals surface area contributed by atoms with Crippen molar-refractivity contribution in [2.75, 3.05) is 20.2 Å². The number of methoxy groups -OCH3 is 1. The summed E-state index contributed by atoms with van der Waals surface area (Å²) >= 11 is 5.99. The van der Waals surface area contributed by atoms with E-state index in [9.17, 15) is 4.79 Å². The molecule has 1 unspecified atom stereocenters. The Morgan fingerprint density at radius 3 is 3.00 bits per heavy atom. The van der Waals surface area contributed by atoms with Gasteiger partial charge in [-0.15, -0.1) is 0 Å². The SMILES string of the molecule is COc1ccc(Cl)cc1C1CC(=O)NCCN1. The number of nitrogens with one attached hydrogen (secondary N) is 2. The molecule has 5 heteroatoms. The van der Waals surface area contributed by atoms with Gasteiger partial charge in [0.15, 0.2) is 0 Å². The van der Waals surface area contributed by atoms with E-state index in [4.69, 9.17) is 16.3 Å². The molecule has 1 fully saturated rings. The van der Waals surface area contributed by atoms with Crippen molar-refractivity contribution >= 4 is 17.5 Å². The molecule has 0 saturated carbocycles. The average Bonchev–Trinajstić information content (AvgIpc) is 2.54. The number of hydrogen-bond donors (Lipinski definition) is 2. The number of benzene rings is 1. The quantitative estimate of drug-likeness (QED) is 0.841. The largest absolute Gasteiger partial charge is 0.496 e. The minimum atomic E-state index is -0.0499. The lowest BCUT2D eigenvalue weighted by Gasteiger charge is -2.18. The van der Waals surface area contributed by atoms with Crippen molar-refractivity contribution < 1.29 is 9.53 Å². The van der Waals surface area contributed by atoms with Gasteiger partial charge in [-0.05, 0) is 18.2 Å². The molecule has 2 rings (SSSR count). The highest BCUT2D eigenvalue weighted by atomic mass is 35.5. The molecule has 0 bridgehead atoms. The minimum absolute atomic E-state index is 0.0435. The minimum Gasteiger partial charge on any atom is -0.496 e. The van der Waals surface area contributed by atoms with E-state index in [2.05, 4.69) is 10.6 Å². The molecule has 1 aliphatic rings. The first-order chi connectivity index (χ1) is 8.20. The summed E-state index contributed by atoms with van der Waals surface area (Å²) in [4.78, 5) is 11.5. The van der Waals surface area contributed by atoms with Crippen molar-refractivity contribution in [3.05, 3.63) is 28.8 Å². The zero-order chi connectivity index (χ0) is 12.3. The molecule has 0 aromatic heterocycles. The van der Waals surface area contributed by atoms with Crippen molar-refractivity contribution in [2.45, 2.75) is 12.5 Å². The van der Waals surface area contributed by atoms with Crippen LogP contribution in [0.1, 0.15) is 18.0 Å². The van der Waals surface area contributed by atoms with Gasteiger partial charge < -0.3 is 15.4 Å². The molecule has 0 spiro atoms. The van der Waals surface area contributed by atoms with E-state index < -0.39 is 0 Å². The van der Waals surface area contributed by atoms with Gasteiger partial charge >= 0.3 is 0 Å². The highest BCUT2D eigenvalue weighted by Crippen LogP contribution is 2.30. The van der Waals surface area contributed by atoms with E-state index >= 15 is 0 Å². The molecule has 1 amide bonds. The van der Waals surface area contributed by atoms with Crippen LogP contribution in [0.4, 0.5) is 0 Å². The van der Waals surface area contributed by atoms with Crippen LogP contribution in [0.3, 0.4) is 0 Å². The molecule has 0 aliphatic carbocycles. The van der Waals surface area contributed by atoms with Crippen LogP contribution in [-0.2, 0) is 4.79 Å². The number of rotatable bonds is 2. The molecular formula is C12H15ClN2O2. The Kier molecular flexibility index (Phi) is 3.86. The Morgan fingerprint density at radius 2 is 2.24 bits per heavy atom. The summed E-state index contributed by atoms with van der Waals surface area (Å²) in [5.74, 6) is 0.795. The molecule has 4 nitrogen and oxygen atoms in total. The number of hydrogen-bond acceptors (Lipinski definition) is 3. The summed E-state index contributed by atoms with van der Waals surface area (Å²) in [5.41, 5.74) is 0.928. The van der Waals surface area contributed by atoms with Crippen molar-refractivity contribution in [3.63, 3.8) is 0 Å². The first kappa shape index (κ1) is 12.2. The van der Waals surface area contributed by atoms with Crippen LogP contribution in [0.25, 0.3) is 0 Å². The van der Waals surface area contributed by atoms with Crippen LogP contribution >= 0.6 is 11.6 Å². The second kappa shape index (κ2) is 5.38. The molecule has 17 heavy (non-hydrogen) atoms. The van der Waals surface area contributed by atoms with Gasteiger partial charge in [0, 0.05) is 36.1 Å². The van der Waals surface area contributed by atoms with E-state index in [0.29, 0.717) is 18.0 Å². The van der Waals surface area contributed by atoms with Gasteiger partial charge in [-0.3, -0.25) is 4.79 Å². The molecule has 1 heterocycles. The Morgan fingerprint density at radius 1 is 1.41 bits per heavy atom. The molecule has 1 atom stereocenters. The fourth-order valence-electron chi connectivity index (χ4n) is 1.98. The summed E-state index contributed by atoms with van der Waals surface area (Å²) in [6.45, 7) is 1.39. The van der Waals surface area contributed by atoms with Gasteiger partial charge in [-0.2, -0.15) is 0 Å². The normalized spacial score (nSPS) is 20.6. The first-order valence-electron chi connectivity index (χ1n) is 5.54. The summed E-state index contributed by atoms with van der Waals surface area (Å²) in [6, 6.07) is 5.39. The first-order valence-corrected chi connectivity index (χ1v) is 5.92. The molecule has 0 radical (unpaired) electrons. The van der Waals surface area contributed by atoms with E-state index in [-0.39, 0.29) is 11.9 Å². The maximum Gasteiger partial charge on any atom is 0.221 e. The molecule has 92 valence electrons. The predicted molar refractivity (Wildman–Crippen MR) is 66.4 cm³/mol. The molecule has 2 N–H and O–H groups in total. The van der Waals surface area contributed by atoms with E-state index in [1.807, 2.05) is 12.1 Å². The van der Waals surface area contributed by atoms with Gasteiger partial charge in [-0.25, -0.2) is 0 Å². The fraction of sp³-hybridized carbons (Fsp3) is 0.417. The number of halogens is 1. The zero-order valence-corrected chi connectivity index (χ0v) is 10.4. The van der Waals surface area contributed by atoms with E-state index in [0.717, 1.165) is 17.9 Å². The maximum atomic E-state index is 11.5. The highest BCUT2D eigenvalue weighted by Gasteiger charge is 2.21. The topological polar surface area (TPSA) is 50.4 Å². The Hall–Kier alpha value is -1.26. The fourth-order valence-corrected chi connectivity index (χ4v) is 2.16. The third-order valence-corrected chi connectivity index (χ3v) is 3.03. The van der Waals surface area contributed by atoms with Crippen molar-refractivity contribution in [2.24, 2.45) is 0 Å². The Labute approximate surface area is 105 Å². The third-order valence-electron chi connectivity index (χ3n) is 2.79. The van der Waals surface area contributed by atoms with Crippen molar-refractivity contribution in [1.82, 2.24) is 10.6 Å². The smallest absolute Gasteiger partial charge is 0.221 e. The van der Waals surface area contributed by atoms with Gasteiger partial charge in [0.25, 0.3) is 0 Å². The number of carbonyl (C=O) groups is 1. The van der Waals surface area contributed by atoms with Crippen LogP contribution < -0.4 is 15.4 Å². The lowest BCUT2D eigenvalue weighted by Crippen LogP contribution is -2.24. The van der Waals surface area contributed by atoms with Crippen LogP contribution in [0.15, 0.2) is 18.2 Å². The van der Waals surface area contributed by atoms with Gasteiger partial charge in [0.05, 0.1) is 7.11 Å². The summed E-state index contributed by atoms with van der Waals surface area (Å²) in [5, 5.41) is 6.77. The second-order valence-electron chi connectivity index (χ2n) is 3.95. The maximum absolute atomic E-state index is 11.5. The van der Waals surface area contributed by atoms with Gasteiger partial charge in [0.2, 0.25) is 5.91 Å². The summed E-state index contributed by atoms with van der Waals surface area (Å²) in [7, 11) is 1.61. The van der Waals surface area contributed by atoms with E-state index in [1.165, 1.54) is 0 Å². The van der Waals surface area contributed by atoms with E-state index in [1.54, 1.807) is 13.2 Å². The lowest BCUT2D eigenvalue weighted by atomic mass is 10.0. The standard InChI is InChI=1S/C12H15ClN2O2/c1-17-11-3-2-8(13)6-9(11)10-7-12(16)15-5-4-14-10/h2-3,6,10,14H,4-5,7H2,1H3,(H,15,16). The molecule has 1 aromatic carbocycles. The molecular weight excluding hydrogens is 240 g/mol. The second-order valence-corrected chi connectivity index (χ2v) is 4.38. The monoisotopic (exact) mass is 254 g/mol. The van der Waals surface area contributed by atoms with Gasteiger partial charge in [-0.1, -0.05) is 11.6 Å². The molecule has 1 saturated heterocycles. The molecule has 1 aliphatic heterocycles. The van der Waals surface area contributed by atoms with Gasteiger partial charge in [0.1, 0.15) is 5.75 Å². The van der Waals surface area contributed by atoms with Crippen LogP contribution in [0.5, 0.6) is 5.75 Å². The summed E-state index contributed by atoms with van der Waals surface area (Å²) in [6.07, 6.45) is 0.400. The number of carbonyl (C=O) groups excluding carboxylic acids is 1. The average molecular weight is 255 g/mol. The number of ether oxygens (including phenoxy) is 1. The number of amides is 1. The predicted octanol–water partition coefficient (Wildman–Crippen LogP) is 1.50. The highest BCUT2D eigenvalue weighted by molar-refractivity contribution is 6.30. The Bertz CT molecular complexity index is 423. The van der Waals surface area contributed by atoms with Crippen LogP contribution in [-0.4, -0.2) is 26.1 Å². The van der Waals surface area contributed by atoms with Crippen LogP contribution in [0.2, 0.25) is 5.02 Å². The molecule has 1 aromatic rings. The van der Waals surface area contributed by atoms with Crippen LogP contribution in [0, 0.1) is 0 Å².